The molecule has 5 heteroatoms. The summed E-state index contributed by atoms with van der Waals surface area (Å²) in [5.41, 5.74) is 9.45. The van der Waals surface area contributed by atoms with Crippen molar-refractivity contribution in [3.63, 3.8) is 0 Å². The van der Waals surface area contributed by atoms with Gasteiger partial charge in [-0.2, -0.15) is 0 Å². The molecule has 0 aliphatic rings. The first-order valence-corrected chi connectivity index (χ1v) is 8.63. The highest BCUT2D eigenvalue weighted by atomic mass is 16.1. The molecule has 0 bridgehead atoms. The predicted octanol–water partition coefficient (Wildman–Crippen LogP) is 3.75. The van der Waals surface area contributed by atoms with E-state index in [0.717, 1.165) is 53.4 Å². The number of imidazole rings is 1. The quantitative estimate of drug-likeness (QED) is 0.673. The number of pyridine rings is 1. The molecule has 0 saturated carbocycles. The van der Waals surface area contributed by atoms with Crippen LogP contribution in [0.5, 0.6) is 0 Å². The van der Waals surface area contributed by atoms with Crippen LogP contribution in [0.2, 0.25) is 0 Å². The highest BCUT2D eigenvalue weighted by Gasteiger charge is 2.17. The average molecular weight is 324 g/mol. The topological polar surface area (TPSA) is 73.8 Å². The van der Waals surface area contributed by atoms with Gasteiger partial charge in [-0.3, -0.25) is 9.78 Å². The van der Waals surface area contributed by atoms with Crippen LogP contribution in [0.25, 0.3) is 21.9 Å². The molecule has 3 rings (SSSR count). The van der Waals surface area contributed by atoms with Crippen LogP contribution in [-0.2, 0) is 11.3 Å². The van der Waals surface area contributed by atoms with Gasteiger partial charge in [0.25, 0.3) is 0 Å². The number of aromatic nitrogens is 3. The normalized spacial score (nSPS) is 12.8. The van der Waals surface area contributed by atoms with Crippen molar-refractivity contribution in [3.8, 4) is 0 Å². The van der Waals surface area contributed by atoms with E-state index in [1.165, 1.54) is 0 Å². The fourth-order valence-corrected chi connectivity index (χ4v) is 3.09. The van der Waals surface area contributed by atoms with E-state index in [4.69, 9.17) is 10.7 Å². The molecular weight excluding hydrogens is 300 g/mol. The zero-order valence-corrected chi connectivity index (χ0v) is 14.3. The number of amides is 1. The number of rotatable bonds is 7. The molecule has 0 radical (unpaired) electrons. The van der Waals surface area contributed by atoms with E-state index in [1.807, 2.05) is 18.5 Å². The van der Waals surface area contributed by atoms with Gasteiger partial charge in [-0.1, -0.05) is 32.0 Å². The van der Waals surface area contributed by atoms with Gasteiger partial charge < -0.3 is 10.3 Å². The van der Waals surface area contributed by atoms with Gasteiger partial charge in [0.05, 0.1) is 23.1 Å². The number of nitrogens with zero attached hydrogens (tertiary/aromatic N) is 3. The second-order valence-corrected chi connectivity index (χ2v) is 6.38. The van der Waals surface area contributed by atoms with E-state index in [9.17, 15) is 4.79 Å². The van der Waals surface area contributed by atoms with Crippen LogP contribution in [0, 0.1) is 0 Å². The molecule has 1 aromatic carbocycles. The molecular formula is C19H24N4O. The van der Waals surface area contributed by atoms with Crippen molar-refractivity contribution in [1.29, 1.82) is 0 Å². The van der Waals surface area contributed by atoms with E-state index in [-0.39, 0.29) is 5.91 Å². The molecule has 1 amide bonds. The maximum absolute atomic E-state index is 10.9. The Morgan fingerprint density at radius 2 is 2.08 bits per heavy atom. The number of primary amides is 1. The Balaban J connectivity index is 2.04. The molecule has 2 N–H and O–H groups in total. The minimum absolute atomic E-state index is 0.237. The highest BCUT2D eigenvalue weighted by Crippen LogP contribution is 2.30. The molecule has 0 aliphatic heterocycles. The Bertz CT molecular complexity index is 868. The Hall–Kier alpha value is -2.43. The number of carbonyl (C=O) groups excluding carboxylic acids is 1. The van der Waals surface area contributed by atoms with Gasteiger partial charge in [0.2, 0.25) is 5.91 Å². The van der Waals surface area contributed by atoms with Crippen molar-refractivity contribution >= 4 is 27.8 Å². The van der Waals surface area contributed by atoms with Crippen molar-refractivity contribution in [2.75, 3.05) is 0 Å². The monoisotopic (exact) mass is 324 g/mol. The zero-order valence-electron chi connectivity index (χ0n) is 14.3. The minimum atomic E-state index is -0.237. The van der Waals surface area contributed by atoms with Crippen LogP contribution in [0.4, 0.5) is 0 Å². The molecule has 0 spiro atoms. The van der Waals surface area contributed by atoms with Gasteiger partial charge in [0.15, 0.2) is 0 Å². The van der Waals surface area contributed by atoms with Crippen molar-refractivity contribution in [1.82, 2.24) is 14.5 Å². The largest absolute Gasteiger partial charge is 0.370 e. The third-order valence-corrected chi connectivity index (χ3v) is 4.63. The zero-order chi connectivity index (χ0) is 17.1. The fraction of sp³-hybridized carbons (Fsp3) is 0.421. The number of unbranched alkanes of at least 4 members (excludes halogenated alkanes) is 1. The lowest BCUT2D eigenvalue weighted by atomic mass is 10.0. The van der Waals surface area contributed by atoms with Crippen LogP contribution < -0.4 is 5.73 Å². The first-order chi connectivity index (χ1) is 11.6. The number of aryl methyl sites for hydroxylation is 1. The molecule has 1 unspecified atom stereocenters. The van der Waals surface area contributed by atoms with Crippen molar-refractivity contribution in [2.45, 2.75) is 52.0 Å². The van der Waals surface area contributed by atoms with Crippen LogP contribution in [-0.4, -0.2) is 20.4 Å². The third-order valence-electron chi connectivity index (χ3n) is 4.63. The van der Waals surface area contributed by atoms with Crippen molar-refractivity contribution in [2.24, 2.45) is 5.73 Å². The van der Waals surface area contributed by atoms with E-state index in [0.29, 0.717) is 12.3 Å². The summed E-state index contributed by atoms with van der Waals surface area (Å²) >= 11 is 0. The van der Waals surface area contributed by atoms with Gasteiger partial charge in [-0.25, -0.2) is 4.98 Å². The molecule has 0 fully saturated rings. The second-order valence-electron chi connectivity index (χ2n) is 6.38. The smallest absolute Gasteiger partial charge is 0.217 e. The molecule has 5 nitrogen and oxygen atoms in total. The van der Waals surface area contributed by atoms with Crippen LogP contribution in [0.3, 0.4) is 0 Å². The standard InChI is InChI=1S/C19H24N4O/c1-3-13(2)17-18-19(14-8-4-5-9-15(14)22-17)23(12-21-18)11-7-6-10-16(20)24/h4-5,8-9,12-13H,3,6-7,10-11H2,1-2H3,(H2,20,24). The summed E-state index contributed by atoms with van der Waals surface area (Å²) in [7, 11) is 0. The van der Waals surface area contributed by atoms with E-state index >= 15 is 0 Å². The first kappa shape index (κ1) is 16.4. The molecule has 126 valence electrons. The van der Waals surface area contributed by atoms with Crippen molar-refractivity contribution < 1.29 is 4.79 Å². The molecule has 2 aromatic heterocycles. The maximum atomic E-state index is 10.9. The summed E-state index contributed by atoms with van der Waals surface area (Å²) in [6.45, 7) is 5.20. The predicted molar refractivity (Wildman–Crippen MR) is 96.8 cm³/mol. The number of hydrogen-bond donors (Lipinski definition) is 1. The Morgan fingerprint density at radius 1 is 1.29 bits per heavy atom. The molecule has 2 heterocycles. The Labute approximate surface area is 141 Å². The summed E-state index contributed by atoms with van der Waals surface area (Å²) in [4.78, 5) is 20.4. The summed E-state index contributed by atoms with van der Waals surface area (Å²) in [5, 5.41) is 1.13. The summed E-state index contributed by atoms with van der Waals surface area (Å²) in [6.07, 6.45) is 5.08. The van der Waals surface area contributed by atoms with Crippen LogP contribution >= 0.6 is 0 Å². The lowest BCUT2D eigenvalue weighted by molar-refractivity contribution is -0.118. The Morgan fingerprint density at radius 3 is 2.83 bits per heavy atom. The molecule has 0 aliphatic carbocycles. The number of benzene rings is 1. The van der Waals surface area contributed by atoms with Gasteiger partial charge in [-0.05, 0) is 25.3 Å². The number of para-hydroxylation sites is 1. The molecule has 1 atom stereocenters. The van der Waals surface area contributed by atoms with Gasteiger partial charge in [0, 0.05) is 24.3 Å². The SMILES string of the molecule is CCC(C)c1nc2ccccc2c2c1ncn2CCCCC(N)=O. The van der Waals surface area contributed by atoms with Gasteiger partial charge in [-0.15, -0.1) is 0 Å². The molecule has 24 heavy (non-hydrogen) atoms. The Kier molecular flexibility index (Phi) is 4.79. The number of fused-ring (bicyclic) bond motifs is 3. The van der Waals surface area contributed by atoms with Crippen LogP contribution in [0.1, 0.15) is 51.1 Å². The average Bonchev–Trinajstić information content (AvgIpc) is 3.01. The van der Waals surface area contributed by atoms with Crippen LogP contribution in [0.15, 0.2) is 30.6 Å². The lowest BCUT2D eigenvalue weighted by Crippen LogP contribution is -2.10. The number of hydrogen-bond acceptors (Lipinski definition) is 3. The molecule has 3 aromatic rings. The van der Waals surface area contributed by atoms with Crippen molar-refractivity contribution in [3.05, 3.63) is 36.3 Å². The van der Waals surface area contributed by atoms with Gasteiger partial charge in [0.1, 0.15) is 5.52 Å². The van der Waals surface area contributed by atoms with E-state index in [2.05, 4.69) is 35.5 Å². The summed E-state index contributed by atoms with van der Waals surface area (Å²) in [5.74, 6) is 0.134. The number of carbonyl (C=O) groups is 1. The summed E-state index contributed by atoms with van der Waals surface area (Å²) in [6, 6.07) is 8.23. The van der Waals surface area contributed by atoms with E-state index < -0.39 is 0 Å². The first-order valence-electron chi connectivity index (χ1n) is 8.63. The number of nitrogens with two attached hydrogens (primary N) is 1. The van der Waals surface area contributed by atoms with Gasteiger partial charge >= 0.3 is 0 Å². The minimum Gasteiger partial charge on any atom is -0.370 e. The third kappa shape index (κ3) is 3.11. The molecule has 0 saturated heterocycles. The van der Waals surface area contributed by atoms with E-state index in [1.54, 1.807) is 0 Å². The maximum Gasteiger partial charge on any atom is 0.217 e. The highest BCUT2D eigenvalue weighted by molar-refractivity contribution is 6.03. The lowest BCUT2D eigenvalue weighted by Gasteiger charge is -2.12. The fourth-order valence-electron chi connectivity index (χ4n) is 3.09. The second kappa shape index (κ2) is 6.99. The summed E-state index contributed by atoms with van der Waals surface area (Å²) < 4.78 is 2.19.